The van der Waals surface area contributed by atoms with Crippen LogP contribution in [-0.2, 0) is 14.3 Å². The van der Waals surface area contributed by atoms with E-state index in [1.165, 1.54) is 0 Å². The first-order chi connectivity index (χ1) is 10.4. The van der Waals surface area contributed by atoms with Crippen LogP contribution in [0.25, 0.3) is 0 Å². The summed E-state index contributed by atoms with van der Waals surface area (Å²) in [5, 5.41) is 0.634. The van der Waals surface area contributed by atoms with Crippen molar-refractivity contribution in [1.29, 1.82) is 0 Å². The minimum absolute atomic E-state index is 0.0379. The van der Waals surface area contributed by atoms with Gasteiger partial charge in [0.1, 0.15) is 11.5 Å². The van der Waals surface area contributed by atoms with E-state index in [-0.39, 0.29) is 5.78 Å². The Morgan fingerprint density at radius 1 is 1.05 bits per heavy atom. The number of hydrogen-bond acceptors (Lipinski definition) is 3. The highest BCUT2D eigenvalue weighted by molar-refractivity contribution is 6.30. The van der Waals surface area contributed by atoms with Crippen LogP contribution in [0, 0.1) is 10.8 Å². The van der Waals surface area contributed by atoms with Crippen LogP contribution in [0.4, 0.5) is 0 Å². The first-order valence-electron chi connectivity index (χ1n) is 7.89. The number of halogens is 1. The topological polar surface area (TPSA) is 43.4 Å². The molecule has 1 spiro atoms. The second-order valence-electron chi connectivity index (χ2n) is 7.01. The van der Waals surface area contributed by atoms with Crippen LogP contribution < -0.4 is 0 Å². The molecule has 118 valence electrons. The number of benzene rings is 1. The number of carbonyl (C=O) groups is 2. The average molecular weight is 321 g/mol. The molecule has 1 aromatic carbocycles. The quantitative estimate of drug-likeness (QED) is 0.566. The number of ether oxygens (including phenoxy) is 1. The van der Waals surface area contributed by atoms with E-state index >= 15 is 0 Å². The van der Waals surface area contributed by atoms with Gasteiger partial charge >= 0.3 is 5.97 Å². The molecule has 0 radical (unpaired) electrons. The zero-order valence-electron chi connectivity index (χ0n) is 13.0. The first kappa shape index (κ1) is 15.5. The van der Waals surface area contributed by atoms with Crippen molar-refractivity contribution >= 4 is 23.4 Å². The Labute approximate surface area is 136 Å². The van der Waals surface area contributed by atoms with E-state index in [1.54, 1.807) is 26.0 Å². The highest BCUT2D eigenvalue weighted by Gasteiger charge is 2.60. The van der Waals surface area contributed by atoms with Crippen LogP contribution in [0.15, 0.2) is 24.3 Å². The zero-order valence-corrected chi connectivity index (χ0v) is 13.8. The highest BCUT2D eigenvalue weighted by Crippen LogP contribution is 2.55. The minimum Gasteiger partial charge on any atom is -0.456 e. The fraction of sp³-hybridized carbons (Fsp3) is 0.556. The van der Waals surface area contributed by atoms with Crippen molar-refractivity contribution in [1.82, 2.24) is 0 Å². The maximum Gasteiger partial charge on any atom is 0.319 e. The molecule has 22 heavy (non-hydrogen) atoms. The number of rotatable bonds is 1. The predicted molar refractivity (Wildman–Crippen MR) is 84.6 cm³/mol. The average Bonchev–Trinajstić information content (AvgIpc) is 2.52. The van der Waals surface area contributed by atoms with E-state index in [1.807, 2.05) is 12.1 Å². The van der Waals surface area contributed by atoms with Gasteiger partial charge in [-0.3, -0.25) is 9.59 Å². The van der Waals surface area contributed by atoms with Crippen LogP contribution in [0.1, 0.15) is 57.6 Å². The summed E-state index contributed by atoms with van der Waals surface area (Å²) < 4.78 is 5.79. The third-order valence-electron chi connectivity index (χ3n) is 5.18. The van der Waals surface area contributed by atoms with Crippen molar-refractivity contribution in [2.45, 2.75) is 52.1 Å². The molecule has 1 saturated heterocycles. The molecule has 1 unspecified atom stereocenters. The molecule has 3 nitrogen and oxygen atoms in total. The molecule has 1 aromatic rings. The third-order valence-corrected chi connectivity index (χ3v) is 5.43. The van der Waals surface area contributed by atoms with Crippen molar-refractivity contribution in [3.05, 3.63) is 34.9 Å². The zero-order chi connectivity index (χ0) is 16.0. The Kier molecular flexibility index (Phi) is 3.80. The molecule has 4 heteroatoms. The largest absolute Gasteiger partial charge is 0.456 e. The molecule has 1 heterocycles. The molecule has 1 atom stereocenters. The van der Waals surface area contributed by atoms with Gasteiger partial charge in [-0.1, -0.05) is 43.0 Å². The van der Waals surface area contributed by atoms with Crippen molar-refractivity contribution in [3.63, 3.8) is 0 Å². The molecule has 0 bridgehead atoms. The molecular weight excluding hydrogens is 300 g/mol. The molecule has 1 saturated carbocycles. The Hall–Kier alpha value is -1.35. The third kappa shape index (κ3) is 2.26. The van der Waals surface area contributed by atoms with Gasteiger partial charge in [0, 0.05) is 5.02 Å². The number of ketones is 1. The lowest BCUT2D eigenvalue weighted by atomic mass is 9.59. The second-order valence-corrected chi connectivity index (χ2v) is 7.44. The van der Waals surface area contributed by atoms with E-state index in [2.05, 4.69) is 0 Å². The van der Waals surface area contributed by atoms with E-state index in [0.717, 1.165) is 37.7 Å². The van der Waals surface area contributed by atoms with E-state index in [4.69, 9.17) is 16.3 Å². The van der Waals surface area contributed by atoms with Gasteiger partial charge in [-0.25, -0.2) is 0 Å². The van der Waals surface area contributed by atoms with Crippen LogP contribution in [0.5, 0.6) is 0 Å². The number of hydrogen-bond donors (Lipinski definition) is 0. The fourth-order valence-electron chi connectivity index (χ4n) is 3.90. The molecule has 2 fully saturated rings. The summed E-state index contributed by atoms with van der Waals surface area (Å²) in [5.41, 5.74) is -0.771. The lowest BCUT2D eigenvalue weighted by molar-refractivity contribution is -0.192. The number of esters is 1. The molecular formula is C18H21ClO3. The van der Waals surface area contributed by atoms with Crippen molar-refractivity contribution in [3.8, 4) is 0 Å². The van der Waals surface area contributed by atoms with Gasteiger partial charge in [-0.15, -0.1) is 0 Å². The fourth-order valence-corrected chi connectivity index (χ4v) is 4.02. The smallest absolute Gasteiger partial charge is 0.319 e. The number of carbonyl (C=O) groups excluding carboxylic acids is 2. The molecule has 3 rings (SSSR count). The van der Waals surface area contributed by atoms with Gasteiger partial charge in [-0.2, -0.15) is 0 Å². The van der Waals surface area contributed by atoms with Gasteiger partial charge in [0.15, 0.2) is 5.78 Å². The Morgan fingerprint density at radius 2 is 1.64 bits per heavy atom. The first-order valence-corrected chi connectivity index (χ1v) is 8.27. The Balaban J connectivity index is 2.08. The normalized spacial score (nSPS) is 26.8. The Bertz CT molecular complexity index is 597. The highest BCUT2D eigenvalue weighted by atomic mass is 35.5. The molecule has 0 N–H and O–H groups in total. The summed E-state index contributed by atoms with van der Waals surface area (Å²) >= 11 is 5.96. The summed E-state index contributed by atoms with van der Waals surface area (Å²) in [6.07, 6.45) is 4.23. The van der Waals surface area contributed by atoms with Gasteiger partial charge < -0.3 is 4.74 Å². The maximum absolute atomic E-state index is 13.2. The summed E-state index contributed by atoms with van der Waals surface area (Å²) in [6, 6.07) is 7.29. The number of Topliss-reactive ketones (excluding diaryl/α,β-unsaturated/α-hetero) is 1. The van der Waals surface area contributed by atoms with Gasteiger partial charge in [0.05, 0.1) is 5.41 Å². The lowest BCUT2D eigenvalue weighted by Crippen LogP contribution is -2.55. The van der Waals surface area contributed by atoms with E-state index in [9.17, 15) is 9.59 Å². The summed E-state index contributed by atoms with van der Waals surface area (Å²) in [5.74, 6) is -0.385. The van der Waals surface area contributed by atoms with Crippen molar-refractivity contribution in [2.75, 3.05) is 0 Å². The Morgan fingerprint density at radius 3 is 2.23 bits per heavy atom. The molecule has 0 amide bonds. The molecule has 0 aromatic heterocycles. The van der Waals surface area contributed by atoms with E-state index in [0.29, 0.717) is 5.02 Å². The van der Waals surface area contributed by atoms with Crippen LogP contribution in [-0.4, -0.2) is 11.8 Å². The van der Waals surface area contributed by atoms with Crippen LogP contribution >= 0.6 is 11.6 Å². The van der Waals surface area contributed by atoms with E-state index < -0.39 is 22.9 Å². The number of cyclic esters (lactones) is 1. The van der Waals surface area contributed by atoms with Crippen LogP contribution in [0.2, 0.25) is 5.02 Å². The molecule has 1 aliphatic carbocycles. The SMILES string of the molecule is CC1(C)C(=O)OC(c2ccc(Cl)cc2)C2(CCCCC2)C1=O. The summed E-state index contributed by atoms with van der Waals surface area (Å²) in [6.45, 7) is 3.37. The summed E-state index contributed by atoms with van der Waals surface area (Å²) in [4.78, 5) is 25.5. The van der Waals surface area contributed by atoms with Crippen molar-refractivity contribution < 1.29 is 14.3 Å². The minimum atomic E-state index is -1.06. The van der Waals surface area contributed by atoms with Gasteiger partial charge in [0.25, 0.3) is 0 Å². The second kappa shape index (κ2) is 5.38. The van der Waals surface area contributed by atoms with Gasteiger partial charge in [0.2, 0.25) is 0 Å². The molecule has 1 aliphatic heterocycles. The lowest BCUT2D eigenvalue weighted by Gasteiger charge is -2.49. The standard InChI is InChI=1S/C18H21ClO3/c1-17(2)15(20)18(10-4-3-5-11-18)14(22-16(17)21)12-6-8-13(19)9-7-12/h6-9,14H,3-5,10-11H2,1-2H3. The predicted octanol–water partition coefficient (Wildman–Crippen LogP) is 4.48. The van der Waals surface area contributed by atoms with Crippen molar-refractivity contribution in [2.24, 2.45) is 10.8 Å². The van der Waals surface area contributed by atoms with Gasteiger partial charge in [-0.05, 0) is 44.4 Å². The molecule has 2 aliphatic rings. The maximum atomic E-state index is 13.2. The monoisotopic (exact) mass is 320 g/mol. The summed E-state index contributed by atoms with van der Waals surface area (Å²) in [7, 11) is 0. The van der Waals surface area contributed by atoms with Crippen LogP contribution in [0.3, 0.4) is 0 Å².